The highest BCUT2D eigenvalue weighted by atomic mass is 32.1. The van der Waals surface area contributed by atoms with Gasteiger partial charge in [0.2, 0.25) is 4.77 Å². The molecular formula is C24H30N4OS. The summed E-state index contributed by atoms with van der Waals surface area (Å²) in [5, 5.41) is 22.7. The largest absolute Gasteiger partial charge is 0.507 e. The number of nitrogens with one attached hydrogen (secondary N) is 1. The van der Waals surface area contributed by atoms with E-state index in [2.05, 4.69) is 56.8 Å². The lowest BCUT2D eigenvalue weighted by Crippen LogP contribution is -2.18. The van der Waals surface area contributed by atoms with E-state index in [1.807, 2.05) is 43.3 Å². The Bertz CT molecular complexity index is 1100. The number of aromatic amines is 1. The van der Waals surface area contributed by atoms with E-state index in [-0.39, 0.29) is 10.8 Å². The van der Waals surface area contributed by atoms with Gasteiger partial charge in [-0.3, -0.25) is 0 Å². The Kier molecular flexibility index (Phi) is 5.74. The summed E-state index contributed by atoms with van der Waals surface area (Å²) in [4.78, 5) is 0. The number of hydrogen-bond acceptors (Lipinski definition) is 4. The summed E-state index contributed by atoms with van der Waals surface area (Å²) in [5.74, 6) is 1.01. The van der Waals surface area contributed by atoms with Crippen molar-refractivity contribution in [1.29, 1.82) is 0 Å². The molecule has 3 rings (SSSR count). The Hall–Kier alpha value is -2.73. The van der Waals surface area contributed by atoms with Crippen molar-refractivity contribution in [2.24, 2.45) is 5.10 Å². The Labute approximate surface area is 183 Å². The fourth-order valence-electron chi connectivity index (χ4n) is 3.29. The molecule has 0 aliphatic carbocycles. The number of aromatic hydroxyl groups is 1. The maximum atomic E-state index is 10.9. The number of aromatic nitrogens is 3. The minimum atomic E-state index is -0.201. The standard InChI is InChI=1S/C24H30N4OS/c1-15-8-10-17(11-9-15)21-26-27-22(30)28(21)25-14-16-12-18(23(2,3)4)20(29)19(13-16)24(5,6)7/h8-14,29H,1-7H3,(H,27,30)/b25-14+. The van der Waals surface area contributed by atoms with Gasteiger partial charge in [-0.1, -0.05) is 71.4 Å². The zero-order valence-electron chi connectivity index (χ0n) is 18.7. The van der Waals surface area contributed by atoms with Gasteiger partial charge >= 0.3 is 0 Å². The zero-order valence-corrected chi connectivity index (χ0v) is 19.6. The molecule has 30 heavy (non-hydrogen) atoms. The van der Waals surface area contributed by atoms with Gasteiger partial charge < -0.3 is 5.11 Å². The molecule has 0 aliphatic rings. The summed E-state index contributed by atoms with van der Waals surface area (Å²) < 4.78 is 2.05. The fourth-order valence-corrected chi connectivity index (χ4v) is 3.47. The number of phenols is 1. The van der Waals surface area contributed by atoms with Gasteiger partial charge in [-0.05, 0) is 47.7 Å². The molecule has 0 atom stereocenters. The third-order valence-corrected chi connectivity index (χ3v) is 5.29. The molecule has 0 fully saturated rings. The van der Waals surface area contributed by atoms with E-state index in [9.17, 15) is 5.11 Å². The highest BCUT2D eigenvalue weighted by molar-refractivity contribution is 7.71. The van der Waals surface area contributed by atoms with Crippen LogP contribution >= 0.6 is 12.2 Å². The van der Waals surface area contributed by atoms with Gasteiger partial charge in [-0.2, -0.15) is 14.9 Å². The molecule has 1 aromatic heterocycles. The average Bonchev–Trinajstić information content (AvgIpc) is 3.00. The average molecular weight is 423 g/mol. The van der Waals surface area contributed by atoms with Crippen LogP contribution in [0.25, 0.3) is 11.4 Å². The molecule has 0 aliphatic heterocycles. The van der Waals surface area contributed by atoms with E-state index in [0.29, 0.717) is 16.3 Å². The number of phenolic OH excluding ortho intramolecular Hbond substituents is 1. The van der Waals surface area contributed by atoms with Gasteiger partial charge in [0.1, 0.15) is 5.75 Å². The fraction of sp³-hybridized carbons (Fsp3) is 0.375. The first-order valence-electron chi connectivity index (χ1n) is 10.0. The van der Waals surface area contributed by atoms with Gasteiger partial charge in [0.25, 0.3) is 0 Å². The molecule has 0 amide bonds. The lowest BCUT2D eigenvalue weighted by Gasteiger charge is -2.27. The van der Waals surface area contributed by atoms with Crippen LogP contribution in [0.2, 0.25) is 0 Å². The van der Waals surface area contributed by atoms with Crippen molar-refractivity contribution in [3.63, 3.8) is 0 Å². The Morgan fingerprint density at radius 1 is 1.00 bits per heavy atom. The number of aryl methyl sites for hydroxylation is 1. The SMILES string of the molecule is Cc1ccc(-c2n[nH]c(=S)n2/N=C/c2cc(C(C)(C)C)c(O)c(C(C)(C)C)c2)cc1. The van der Waals surface area contributed by atoms with E-state index in [4.69, 9.17) is 12.2 Å². The molecule has 0 bridgehead atoms. The molecule has 2 aromatic carbocycles. The second kappa shape index (κ2) is 7.84. The third-order valence-electron chi connectivity index (χ3n) is 5.03. The van der Waals surface area contributed by atoms with Crippen LogP contribution in [0.1, 0.15) is 63.8 Å². The smallest absolute Gasteiger partial charge is 0.216 e. The van der Waals surface area contributed by atoms with Crippen molar-refractivity contribution < 1.29 is 5.11 Å². The molecule has 0 radical (unpaired) electrons. The second-order valence-corrected chi connectivity index (χ2v) is 10.1. The molecule has 3 aromatic rings. The Morgan fingerprint density at radius 3 is 2.03 bits per heavy atom. The van der Waals surface area contributed by atoms with Crippen molar-refractivity contribution in [3.8, 4) is 17.1 Å². The molecule has 0 saturated heterocycles. The predicted octanol–water partition coefficient (Wildman–Crippen LogP) is 6.10. The lowest BCUT2D eigenvalue weighted by atomic mass is 9.78. The van der Waals surface area contributed by atoms with Crippen molar-refractivity contribution in [2.75, 3.05) is 0 Å². The van der Waals surface area contributed by atoms with Crippen molar-refractivity contribution in [3.05, 3.63) is 63.4 Å². The first kappa shape index (κ1) is 22.0. The van der Waals surface area contributed by atoms with Crippen LogP contribution in [-0.4, -0.2) is 26.2 Å². The molecular weight excluding hydrogens is 392 g/mol. The monoisotopic (exact) mass is 422 g/mol. The predicted molar refractivity (Wildman–Crippen MR) is 126 cm³/mol. The summed E-state index contributed by atoms with van der Waals surface area (Å²) >= 11 is 5.40. The highest BCUT2D eigenvalue weighted by Crippen LogP contribution is 2.39. The summed E-state index contributed by atoms with van der Waals surface area (Å²) in [6, 6.07) is 12.1. The summed E-state index contributed by atoms with van der Waals surface area (Å²) in [6.07, 6.45) is 1.77. The van der Waals surface area contributed by atoms with Crippen LogP contribution in [0.4, 0.5) is 0 Å². The van der Waals surface area contributed by atoms with Gasteiger partial charge in [0, 0.05) is 16.7 Å². The zero-order chi connectivity index (χ0) is 22.3. The van der Waals surface area contributed by atoms with E-state index >= 15 is 0 Å². The Morgan fingerprint density at radius 2 is 1.53 bits per heavy atom. The van der Waals surface area contributed by atoms with Crippen molar-refractivity contribution in [2.45, 2.75) is 59.3 Å². The van der Waals surface area contributed by atoms with E-state index in [1.165, 1.54) is 5.56 Å². The summed E-state index contributed by atoms with van der Waals surface area (Å²) in [7, 11) is 0. The first-order chi connectivity index (χ1) is 13.9. The number of nitrogens with zero attached hydrogens (tertiary/aromatic N) is 3. The van der Waals surface area contributed by atoms with E-state index in [1.54, 1.807) is 10.9 Å². The van der Waals surface area contributed by atoms with Crippen LogP contribution in [0, 0.1) is 11.7 Å². The maximum absolute atomic E-state index is 10.9. The number of rotatable bonds is 3. The van der Waals surface area contributed by atoms with Gasteiger partial charge in [-0.15, -0.1) is 0 Å². The third kappa shape index (κ3) is 4.54. The molecule has 0 unspecified atom stereocenters. The van der Waals surface area contributed by atoms with Crippen molar-refractivity contribution >= 4 is 18.4 Å². The maximum Gasteiger partial charge on any atom is 0.216 e. The van der Waals surface area contributed by atoms with Crippen LogP contribution in [-0.2, 0) is 10.8 Å². The van der Waals surface area contributed by atoms with E-state index in [0.717, 1.165) is 22.3 Å². The quantitative estimate of drug-likeness (QED) is 0.396. The van der Waals surface area contributed by atoms with Gasteiger partial charge in [0.15, 0.2) is 5.82 Å². The first-order valence-corrected chi connectivity index (χ1v) is 10.5. The van der Waals surface area contributed by atoms with Gasteiger partial charge in [-0.25, -0.2) is 5.10 Å². The second-order valence-electron chi connectivity index (χ2n) is 9.74. The van der Waals surface area contributed by atoms with Gasteiger partial charge in [0.05, 0.1) is 6.21 Å². The normalized spacial score (nSPS) is 12.6. The summed E-state index contributed by atoms with van der Waals surface area (Å²) in [6.45, 7) is 14.6. The van der Waals surface area contributed by atoms with Crippen LogP contribution in [0.5, 0.6) is 5.75 Å². The summed E-state index contributed by atoms with van der Waals surface area (Å²) in [5.41, 5.74) is 4.40. The topological polar surface area (TPSA) is 66.2 Å². The number of hydrogen-bond donors (Lipinski definition) is 2. The molecule has 158 valence electrons. The Balaban J connectivity index is 2.10. The molecule has 6 heteroatoms. The molecule has 5 nitrogen and oxygen atoms in total. The lowest BCUT2D eigenvalue weighted by molar-refractivity contribution is 0.423. The molecule has 1 heterocycles. The molecule has 0 saturated carbocycles. The van der Waals surface area contributed by atoms with Crippen LogP contribution in [0.15, 0.2) is 41.5 Å². The van der Waals surface area contributed by atoms with Crippen LogP contribution in [0.3, 0.4) is 0 Å². The number of H-pyrrole nitrogens is 1. The van der Waals surface area contributed by atoms with Crippen molar-refractivity contribution in [1.82, 2.24) is 14.9 Å². The minimum Gasteiger partial charge on any atom is -0.507 e. The minimum absolute atomic E-state index is 0.201. The van der Waals surface area contributed by atoms with E-state index < -0.39 is 0 Å². The van der Waals surface area contributed by atoms with Crippen LogP contribution < -0.4 is 0 Å². The molecule has 2 N–H and O–H groups in total. The molecule has 0 spiro atoms. The number of benzene rings is 2. The highest BCUT2D eigenvalue weighted by Gasteiger charge is 2.26.